The van der Waals surface area contributed by atoms with Crippen LogP contribution in [0.3, 0.4) is 0 Å². The molecule has 0 saturated carbocycles. The molecule has 9 heteroatoms. The monoisotopic (exact) mass is 527 g/mol. The molecule has 0 aliphatic heterocycles. The quantitative estimate of drug-likeness (QED) is 0.211. The molecule has 0 saturated heterocycles. The summed E-state index contributed by atoms with van der Waals surface area (Å²) in [5, 5.41) is 5.84. The van der Waals surface area contributed by atoms with E-state index in [9.17, 15) is 19.2 Å². The molecular weight excluding hydrogens is 482 g/mol. The van der Waals surface area contributed by atoms with Gasteiger partial charge >= 0.3 is 0 Å². The Balaban J connectivity index is 5.51. The normalized spacial score (nSPS) is 10.0. The zero-order valence-electron chi connectivity index (χ0n) is 23.9. The van der Waals surface area contributed by atoms with E-state index in [1.807, 2.05) is 6.92 Å². The molecule has 0 atom stereocenters. The number of amides is 4. The van der Waals surface area contributed by atoms with Crippen molar-refractivity contribution in [2.75, 3.05) is 52.4 Å². The Kier molecular flexibility index (Phi) is 15.1. The van der Waals surface area contributed by atoms with E-state index < -0.39 is 0 Å². The van der Waals surface area contributed by atoms with Gasteiger partial charge < -0.3 is 25.3 Å². The topological polar surface area (TPSA) is 102 Å². The van der Waals surface area contributed by atoms with Gasteiger partial charge in [-0.1, -0.05) is 39.5 Å². The fraction of sp³-hybridized carbons (Fsp3) is 0.448. The second-order valence-electron chi connectivity index (χ2n) is 9.44. The fourth-order valence-electron chi connectivity index (χ4n) is 3.19. The van der Waals surface area contributed by atoms with Gasteiger partial charge in [-0.05, 0) is 40.2 Å². The van der Waals surface area contributed by atoms with Crippen LogP contribution in [0, 0.1) is 0 Å². The standard InChI is InChI=1S/C29H45N5O4/c1-20(2)25(11)30-12-14-32(27(36)22(5)6)16-18-34(29(38)24(9)10)19-17-33(28(37)23(7)8)15-13-31-26(35)21(3)4/h30H,1,3,5,7,9,11-19H2,2,4,6,8,10H3,(H,31,35). The summed E-state index contributed by atoms with van der Waals surface area (Å²) in [6.45, 7) is 33.1. The molecule has 9 nitrogen and oxygen atoms in total. The van der Waals surface area contributed by atoms with E-state index in [1.54, 1.807) is 37.5 Å². The van der Waals surface area contributed by atoms with Gasteiger partial charge in [0.15, 0.2) is 0 Å². The van der Waals surface area contributed by atoms with Crippen molar-refractivity contribution in [2.45, 2.75) is 34.6 Å². The lowest BCUT2D eigenvalue weighted by Crippen LogP contribution is -2.47. The smallest absolute Gasteiger partial charge is 0.249 e. The lowest BCUT2D eigenvalue weighted by Gasteiger charge is -2.31. The predicted molar refractivity (Wildman–Crippen MR) is 154 cm³/mol. The van der Waals surface area contributed by atoms with Gasteiger partial charge in [-0.15, -0.1) is 0 Å². The molecule has 0 rings (SSSR count). The second-order valence-corrected chi connectivity index (χ2v) is 9.44. The molecule has 4 amide bonds. The van der Waals surface area contributed by atoms with Crippen LogP contribution in [0.4, 0.5) is 0 Å². The zero-order chi connectivity index (χ0) is 29.6. The Morgan fingerprint density at radius 3 is 1.08 bits per heavy atom. The Morgan fingerprint density at radius 1 is 0.474 bits per heavy atom. The first-order chi connectivity index (χ1) is 17.6. The minimum Gasteiger partial charge on any atom is -0.384 e. The van der Waals surface area contributed by atoms with Crippen LogP contribution in [-0.4, -0.2) is 90.7 Å². The summed E-state index contributed by atoms with van der Waals surface area (Å²) in [5.74, 6) is -1.07. The molecule has 0 heterocycles. The maximum absolute atomic E-state index is 12.9. The summed E-state index contributed by atoms with van der Waals surface area (Å²) in [5.41, 5.74) is 2.93. The molecule has 0 aromatic carbocycles. The van der Waals surface area contributed by atoms with Crippen molar-refractivity contribution in [1.82, 2.24) is 25.3 Å². The summed E-state index contributed by atoms with van der Waals surface area (Å²) < 4.78 is 0. The van der Waals surface area contributed by atoms with Gasteiger partial charge in [0.05, 0.1) is 0 Å². The highest BCUT2D eigenvalue weighted by molar-refractivity contribution is 5.94. The Labute approximate surface area is 228 Å². The van der Waals surface area contributed by atoms with Crippen molar-refractivity contribution in [3.8, 4) is 0 Å². The van der Waals surface area contributed by atoms with Gasteiger partial charge in [-0.3, -0.25) is 19.2 Å². The molecule has 0 bridgehead atoms. The van der Waals surface area contributed by atoms with Gasteiger partial charge in [0.2, 0.25) is 23.6 Å². The van der Waals surface area contributed by atoms with Crippen LogP contribution in [0.1, 0.15) is 34.6 Å². The lowest BCUT2D eigenvalue weighted by atomic mass is 10.2. The zero-order valence-corrected chi connectivity index (χ0v) is 23.9. The van der Waals surface area contributed by atoms with Crippen LogP contribution < -0.4 is 10.6 Å². The van der Waals surface area contributed by atoms with E-state index in [2.05, 4.69) is 50.1 Å². The second kappa shape index (κ2) is 16.8. The van der Waals surface area contributed by atoms with Crippen LogP contribution in [-0.2, 0) is 19.2 Å². The molecule has 0 unspecified atom stereocenters. The number of rotatable bonds is 18. The number of allylic oxidation sites excluding steroid dienone is 1. The van der Waals surface area contributed by atoms with Gasteiger partial charge in [-0.2, -0.15) is 0 Å². The summed E-state index contributed by atoms with van der Waals surface area (Å²) in [6.07, 6.45) is 0. The third kappa shape index (κ3) is 12.4. The van der Waals surface area contributed by atoms with Crippen molar-refractivity contribution >= 4 is 23.6 Å². The van der Waals surface area contributed by atoms with E-state index in [0.717, 1.165) is 5.57 Å². The maximum Gasteiger partial charge on any atom is 0.249 e. The van der Waals surface area contributed by atoms with Crippen molar-refractivity contribution < 1.29 is 19.2 Å². The summed E-state index contributed by atoms with van der Waals surface area (Å²) in [4.78, 5) is 54.9. The number of hydrogen-bond donors (Lipinski definition) is 2. The molecule has 0 aliphatic rings. The highest BCUT2D eigenvalue weighted by atomic mass is 16.2. The summed E-state index contributed by atoms with van der Waals surface area (Å²) in [6, 6.07) is 0. The first-order valence-corrected chi connectivity index (χ1v) is 12.5. The van der Waals surface area contributed by atoms with E-state index >= 15 is 0 Å². The molecule has 0 radical (unpaired) electrons. The van der Waals surface area contributed by atoms with Gasteiger partial charge in [0.25, 0.3) is 0 Å². The Bertz CT molecular complexity index is 929. The van der Waals surface area contributed by atoms with Crippen LogP contribution in [0.5, 0.6) is 0 Å². The molecule has 38 heavy (non-hydrogen) atoms. The molecule has 0 aromatic rings. The summed E-state index contributed by atoms with van der Waals surface area (Å²) >= 11 is 0. The number of nitrogens with one attached hydrogen (secondary N) is 2. The molecule has 2 N–H and O–H groups in total. The number of nitrogens with zero attached hydrogens (tertiary/aromatic N) is 3. The van der Waals surface area contributed by atoms with Crippen LogP contribution in [0.15, 0.2) is 73.0 Å². The van der Waals surface area contributed by atoms with Crippen LogP contribution in [0.25, 0.3) is 0 Å². The highest BCUT2D eigenvalue weighted by Crippen LogP contribution is 2.06. The van der Waals surface area contributed by atoms with Gasteiger partial charge in [0, 0.05) is 80.3 Å². The largest absolute Gasteiger partial charge is 0.384 e. The van der Waals surface area contributed by atoms with Crippen molar-refractivity contribution in [3.63, 3.8) is 0 Å². The minimum atomic E-state index is -0.296. The lowest BCUT2D eigenvalue weighted by molar-refractivity contribution is -0.132. The SMILES string of the molecule is C=C(C)C(=C)NCCN(CCN(CCN(CCNC(=O)C(=C)C)C(=O)C(=C)C)C(=O)C(=C)C)C(=O)C(=C)C. The maximum atomic E-state index is 12.9. The molecule has 0 spiro atoms. The number of carbonyl (C=O) groups is 4. The van der Waals surface area contributed by atoms with Crippen molar-refractivity contribution in [3.05, 3.63) is 73.0 Å². The molecule has 210 valence electrons. The van der Waals surface area contributed by atoms with E-state index in [1.165, 1.54) is 4.90 Å². The summed E-state index contributed by atoms with van der Waals surface area (Å²) in [7, 11) is 0. The Hall–Kier alpha value is -3.88. The molecular formula is C29H45N5O4. The molecule has 0 fully saturated rings. The number of hydrogen-bond acceptors (Lipinski definition) is 5. The van der Waals surface area contributed by atoms with E-state index in [4.69, 9.17) is 0 Å². The van der Waals surface area contributed by atoms with E-state index in [0.29, 0.717) is 41.1 Å². The average molecular weight is 528 g/mol. The fourth-order valence-corrected chi connectivity index (χ4v) is 3.19. The van der Waals surface area contributed by atoms with Crippen molar-refractivity contribution in [1.29, 1.82) is 0 Å². The number of carbonyl (C=O) groups excluding carboxylic acids is 4. The third-order valence-electron chi connectivity index (χ3n) is 5.53. The molecule has 0 aliphatic carbocycles. The average Bonchev–Trinajstić information content (AvgIpc) is 2.84. The van der Waals surface area contributed by atoms with E-state index in [-0.39, 0.29) is 62.9 Å². The van der Waals surface area contributed by atoms with Gasteiger partial charge in [-0.25, -0.2) is 0 Å². The first kappa shape index (κ1) is 34.1. The highest BCUT2D eigenvalue weighted by Gasteiger charge is 2.21. The third-order valence-corrected chi connectivity index (χ3v) is 5.53. The first-order valence-electron chi connectivity index (χ1n) is 12.5. The predicted octanol–water partition coefficient (Wildman–Crippen LogP) is 2.57. The van der Waals surface area contributed by atoms with Crippen LogP contribution in [0.2, 0.25) is 0 Å². The Morgan fingerprint density at radius 2 is 0.789 bits per heavy atom. The van der Waals surface area contributed by atoms with Crippen molar-refractivity contribution in [2.24, 2.45) is 0 Å². The van der Waals surface area contributed by atoms with Crippen LogP contribution >= 0.6 is 0 Å². The molecule has 0 aromatic heterocycles. The minimum absolute atomic E-state index is 0.207. The van der Waals surface area contributed by atoms with Gasteiger partial charge in [0.1, 0.15) is 0 Å².